The Morgan fingerprint density at radius 3 is 2.72 bits per heavy atom. The number of sulfonamides is 1. The summed E-state index contributed by atoms with van der Waals surface area (Å²) in [7, 11) is -0.862. The van der Waals surface area contributed by atoms with Crippen LogP contribution in [0, 0.1) is 0 Å². The van der Waals surface area contributed by atoms with Crippen LogP contribution in [0.1, 0.15) is 30.3 Å². The lowest BCUT2D eigenvalue weighted by Crippen LogP contribution is -2.34. The molecule has 1 aromatic heterocycles. The molecule has 0 aliphatic carbocycles. The third kappa shape index (κ3) is 4.57. The van der Waals surface area contributed by atoms with Crippen LogP contribution in [0.2, 0.25) is 0 Å². The smallest absolute Gasteiger partial charge is 0.240 e. The van der Waals surface area contributed by atoms with Gasteiger partial charge in [-0.2, -0.15) is 0 Å². The van der Waals surface area contributed by atoms with E-state index in [0.29, 0.717) is 18.0 Å². The number of para-hydroxylation sites is 1. The highest BCUT2D eigenvalue weighted by atomic mass is 32.2. The first-order valence-electron chi connectivity index (χ1n) is 10.3. The van der Waals surface area contributed by atoms with Gasteiger partial charge in [-0.05, 0) is 37.1 Å². The van der Waals surface area contributed by atoms with Gasteiger partial charge >= 0.3 is 0 Å². The van der Waals surface area contributed by atoms with Crippen LogP contribution >= 0.6 is 11.3 Å². The molecule has 10 heteroatoms. The molecule has 1 N–H and O–H groups in total. The van der Waals surface area contributed by atoms with Crippen molar-refractivity contribution in [2.45, 2.75) is 30.2 Å². The first kappa shape index (κ1) is 22.5. The molecule has 1 amide bonds. The minimum Gasteiger partial charge on any atom is -0.493 e. The maximum absolute atomic E-state index is 12.9. The van der Waals surface area contributed by atoms with Gasteiger partial charge in [0.05, 0.1) is 35.4 Å². The Bertz CT molecular complexity index is 1190. The summed E-state index contributed by atoms with van der Waals surface area (Å²) in [6.45, 7) is 0.667. The van der Waals surface area contributed by atoms with Gasteiger partial charge in [-0.25, -0.2) is 18.1 Å². The van der Waals surface area contributed by atoms with Gasteiger partial charge in [0.2, 0.25) is 15.9 Å². The van der Waals surface area contributed by atoms with Crippen LogP contribution in [0.15, 0.2) is 47.4 Å². The molecule has 1 aliphatic rings. The minimum absolute atomic E-state index is 0.0125. The Labute approximate surface area is 191 Å². The van der Waals surface area contributed by atoms with Crippen molar-refractivity contribution in [1.82, 2.24) is 14.6 Å². The summed E-state index contributed by atoms with van der Waals surface area (Å²) in [4.78, 5) is 19.5. The Kier molecular flexibility index (Phi) is 6.63. The third-order valence-electron chi connectivity index (χ3n) is 5.46. The standard InChI is InChI=1S/C22H25N3O5S2/c1-29-18-10-9-15(14-19(18)30-2)32(27,28)23-12-11-21(26)25-13-5-7-17(25)22-24-16-6-3-4-8-20(16)31-22/h3-4,6,8-10,14,17,23H,5,7,11-13H2,1-2H3. The van der Waals surface area contributed by atoms with Gasteiger partial charge in [0.15, 0.2) is 11.5 Å². The van der Waals surface area contributed by atoms with Crippen molar-refractivity contribution in [3.8, 4) is 11.5 Å². The van der Waals surface area contributed by atoms with Crippen molar-refractivity contribution in [3.05, 3.63) is 47.5 Å². The zero-order valence-electron chi connectivity index (χ0n) is 17.9. The predicted octanol–water partition coefficient (Wildman–Crippen LogP) is 3.35. The topological polar surface area (TPSA) is 97.8 Å². The van der Waals surface area contributed by atoms with E-state index in [1.54, 1.807) is 11.3 Å². The Balaban J connectivity index is 1.39. The maximum Gasteiger partial charge on any atom is 0.240 e. The number of ether oxygens (including phenoxy) is 2. The number of nitrogens with one attached hydrogen (secondary N) is 1. The summed E-state index contributed by atoms with van der Waals surface area (Å²) in [5, 5.41) is 0.933. The quantitative estimate of drug-likeness (QED) is 0.537. The van der Waals surface area contributed by atoms with Crippen LogP contribution in [0.4, 0.5) is 0 Å². The second-order valence-corrected chi connectivity index (χ2v) is 10.3. The zero-order chi connectivity index (χ0) is 22.7. The van der Waals surface area contributed by atoms with Crippen molar-refractivity contribution in [1.29, 1.82) is 0 Å². The van der Waals surface area contributed by atoms with Crippen LogP contribution in [0.3, 0.4) is 0 Å². The Hall–Kier alpha value is -2.69. The maximum atomic E-state index is 12.9. The molecular formula is C22H25N3O5S2. The molecule has 0 radical (unpaired) electrons. The fourth-order valence-corrected chi connectivity index (χ4v) is 6.02. The third-order valence-corrected chi connectivity index (χ3v) is 8.06. The van der Waals surface area contributed by atoms with Crippen molar-refractivity contribution in [3.63, 3.8) is 0 Å². The summed E-state index contributed by atoms with van der Waals surface area (Å²) in [6, 6.07) is 12.2. The second kappa shape index (κ2) is 9.43. The largest absolute Gasteiger partial charge is 0.493 e. The van der Waals surface area contributed by atoms with E-state index in [2.05, 4.69) is 4.72 Å². The van der Waals surface area contributed by atoms with Crippen LogP contribution in [0.5, 0.6) is 11.5 Å². The van der Waals surface area contributed by atoms with E-state index in [4.69, 9.17) is 14.5 Å². The molecule has 1 aliphatic heterocycles. The molecule has 8 nitrogen and oxygen atoms in total. The van der Waals surface area contributed by atoms with E-state index in [0.717, 1.165) is 28.1 Å². The van der Waals surface area contributed by atoms with Crippen LogP contribution in [0.25, 0.3) is 10.2 Å². The number of fused-ring (bicyclic) bond motifs is 1. The van der Waals surface area contributed by atoms with Crippen LogP contribution < -0.4 is 14.2 Å². The first-order chi connectivity index (χ1) is 15.4. The number of likely N-dealkylation sites (tertiary alicyclic amines) is 1. The van der Waals surface area contributed by atoms with Crippen molar-refractivity contribution in [2.75, 3.05) is 27.3 Å². The number of amides is 1. The first-order valence-corrected chi connectivity index (χ1v) is 12.6. The average Bonchev–Trinajstić information content (AvgIpc) is 3.45. The summed E-state index contributed by atoms with van der Waals surface area (Å²) >= 11 is 1.61. The Morgan fingerprint density at radius 2 is 1.97 bits per heavy atom. The second-order valence-electron chi connectivity index (χ2n) is 7.43. The molecule has 2 heterocycles. The molecule has 4 rings (SSSR count). The van der Waals surface area contributed by atoms with Gasteiger partial charge in [-0.15, -0.1) is 11.3 Å². The van der Waals surface area contributed by atoms with E-state index in [1.807, 2.05) is 29.2 Å². The van der Waals surface area contributed by atoms with E-state index in [9.17, 15) is 13.2 Å². The Morgan fingerprint density at radius 1 is 1.19 bits per heavy atom. The lowest BCUT2D eigenvalue weighted by atomic mass is 10.2. The van der Waals surface area contributed by atoms with E-state index in [1.165, 1.54) is 32.4 Å². The van der Waals surface area contributed by atoms with Gasteiger partial charge in [0, 0.05) is 25.6 Å². The number of nitrogens with zero attached hydrogens (tertiary/aromatic N) is 2. The SMILES string of the molecule is COc1ccc(S(=O)(=O)NCCC(=O)N2CCCC2c2nc3ccccc3s2)cc1OC. The van der Waals surface area contributed by atoms with Crippen molar-refractivity contribution < 1.29 is 22.7 Å². The number of hydrogen-bond donors (Lipinski definition) is 1. The van der Waals surface area contributed by atoms with Crippen LogP contribution in [-0.2, 0) is 14.8 Å². The fourth-order valence-electron chi connectivity index (χ4n) is 3.86. The molecule has 3 aromatic rings. The molecule has 170 valence electrons. The zero-order valence-corrected chi connectivity index (χ0v) is 19.5. The number of rotatable bonds is 8. The number of thiazole rings is 1. The number of aromatic nitrogens is 1. The normalized spacial score (nSPS) is 16.4. The molecule has 0 saturated carbocycles. The number of carbonyl (C=O) groups is 1. The highest BCUT2D eigenvalue weighted by Crippen LogP contribution is 2.36. The lowest BCUT2D eigenvalue weighted by Gasteiger charge is -2.23. The lowest BCUT2D eigenvalue weighted by molar-refractivity contribution is -0.131. The minimum atomic E-state index is -3.79. The molecule has 1 atom stereocenters. The summed E-state index contributed by atoms with van der Waals surface area (Å²) < 4.78 is 39.2. The molecule has 1 fully saturated rings. The molecule has 0 bridgehead atoms. The highest BCUT2D eigenvalue weighted by Gasteiger charge is 2.32. The summed E-state index contributed by atoms with van der Waals surface area (Å²) in [6.07, 6.45) is 1.85. The number of hydrogen-bond acceptors (Lipinski definition) is 7. The molecule has 1 saturated heterocycles. The number of benzene rings is 2. The monoisotopic (exact) mass is 475 g/mol. The van der Waals surface area contributed by atoms with Gasteiger partial charge < -0.3 is 14.4 Å². The molecular weight excluding hydrogens is 450 g/mol. The van der Waals surface area contributed by atoms with Gasteiger partial charge in [-0.3, -0.25) is 4.79 Å². The highest BCUT2D eigenvalue weighted by molar-refractivity contribution is 7.89. The van der Waals surface area contributed by atoms with E-state index >= 15 is 0 Å². The van der Waals surface area contributed by atoms with E-state index in [-0.39, 0.29) is 29.8 Å². The molecule has 0 spiro atoms. The average molecular weight is 476 g/mol. The van der Waals surface area contributed by atoms with Gasteiger partial charge in [-0.1, -0.05) is 12.1 Å². The van der Waals surface area contributed by atoms with Crippen LogP contribution in [-0.4, -0.2) is 51.5 Å². The van der Waals surface area contributed by atoms with E-state index < -0.39 is 10.0 Å². The molecule has 2 aromatic carbocycles. The van der Waals surface area contributed by atoms with Crippen molar-refractivity contribution in [2.24, 2.45) is 0 Å². The molecule has 32 heavy (non-hydrogen) atoms. The molecule has 1 unspecified atom stereocenters. The predicted molar refractivity (Wildman–Crippen MR) is 123 cm³/mol. The van der Waals surface area contributed by atoms with Gasteiger partial charge in [0.1, 0.15) is 5.01 Å². The number of methoxy groups -OCH3 is 2. The fraction of sp³-hybridized carbons (Fsp3) is 0.364. The summed E-state index contributed by atoms with van der Waals surface area (Å²) in [5.74, 6) is 0.681. The number of carbonyl (C=O) groups excluding carboxylic acids is 1. The van der Waals surface area contributed by atoms with Crippen molar-refractivity contribution >= 4 is 37.5 Å². The van der Waals surface area contributed by atoms with Gasteiger partial charge in [0.25, 0.3) is 0 Å². The summed E-state index contributed by atoms with van der Waals surface area (Å²) in [5.41, 5.74) is 0.939.